The van der Waals surface area contributed by atoms with E-state index in [0.717, 1.165) is 18.5 Å². The van der Waals surface area contributed by atoms with Gasteiger partial charge in [0.05, 0.1) is 0 Å². The van der Waals surface area contributed by atoms with Crippen molar-refractivity contribution in [1.29, 1.82) is 0 Å². The van der Waals surface area contributed by atoms with Crippen LogP contribution in [0.4, 0.5) is 5.69 Å². The Bertz CT molecular complexity index is 481. The van der Waals surface area contributed by atoms with E-state index in [1.807, 2.05) is 0 Å². The first-order chi connectivity index (χ1) is 8.95. The van der Waals surface area contributed by atoms with Crippen molar-refractivity contribution in [2.24, 2.45) is 17.4 Å². The highest BCUT2D eigenvalue weighted by molar-refractivity contribution is 5.99. The molecule has 5 nitrogen and oxygen atoms in total. The Morgan fingerprint density at radius 2 is 1.68 bits per heavy atom. The summed E-state index contributed by atoms with van der Waals surface area (Å²) in [5.41, 5.74) is 11.8. The molecule has 0 saturated heterocycles. The lowest BCUT2D eigenvalue weighted by atomic mass is 10.1. The van der Waals surface area contributed by atoms with Gasteiger partial charge in [-0.3, -0.25) is 9.59 Å². The Morgan fingerprint density at radius 3 is 2.11 bits per heavy atom. The van der Waals surface area contributed by atoms with E-state index in [1.54, 1.807) is 12.1 Å². The first-order valence-electron chi connectivity index (χ1n) is 6.47. The number of carbonyl (C=O) groups excluding carboxylic acids is 2. The molecule has 0 radical (unpaired) electrons. The number of carbonyl (C=O) groups is 2. The van der Waals surface area contributed by atoms with Crippen LogP contribution in [0.3, 0.4) is 0 Å². The van der Waals surface area contributed by atoms with E-state index in [-0.39, 0.29) is 0 Å². The fraction of sp³-hybridized carbons (Fsp3) is 0.429. The number of hydrogen-bond acceptors (Lipinski definition) is 3. The molecule has 0 heterocycles. The third kappa shape index (κ3) is 3.24. The van der Waals surface area contributed by atoms with Gasteiger partial charge in [-0.2, -0.15) is 0 Å². The van der Waals surface area contributed by atoms with Crippen LogP contribution in [0.25, 0.3) is 0 Å². The topological polar surface area (TPSA) is 98.2 Å². The molecule has 1 aromatic rings. The van der Waals surface area contributed by atoms with Gasteiger partial charge in [0.1, 0.15) is 0 Å². The maximum atomic E-state index is 11.3. The predicted octanol–water partition coefficient (Wildman–Crippen LogP) is 1.48. The van der Waals surface area contributed by atoms with Crippen LogP contribution in [0, 0.1) is 5.92 Å². The van der Waals surface area contributed by atoms with E-state index in [9.17, 15) is 9.59 Å². The summed E-state index contributed by atoms with van der Waals surface area (Å²) in [7, 11) is 0. The highest BCUT2D eigenvalue weighted by Crippen LogP contribution is 2.28. The number of hydrogen-bond donors (Lipinski definition) is 3. The van der Waals surface area contributed by atoms with E-state index in [2.05, 4.69) is 12.2 Å². The van der Waals surface area contributed by atoms with Gasteiger partial charge in [0, 0.05) is 22.9 Å². The van der Waals surface area contributed by atoms with Gasteiger partial charge in [0.25, 0.3) is 0 Å². The van der Waals surface area contributed by atoms with Crippen molar-refractivity contribution in [2.75, 3.05) is 5.32 Å². The fourth-order valence-corrected chi connectivity index (χ4v) is 2.57. The van der Waals surface area contributed by atoms with E-state index >= 15 is 0 Å². The van der Waals surface area contributed by atoms with Gasteiger partial charge in [-0.15, -0.1) is 0 Å². The van der Waals surface area contributed by atoms with Gasteiger partial charge in [0.2, 0.25) is 11.8 Å². The summed E-state index contributed by atoms with van der Waals surface area (Å²) >= 11 is 0. The largest absolute Gasteiger partial charge is 0.382 e. The van der Waals surface area contributed by atoms with Crippen LogP contribution in [0.1, 0.15) is 46.9 Å². The molecular weight excluding hydrogens is 242 g/mol. The summed E-state index contributed by atoms with van der Waals surface area (Å²) < 4.78 is 0. The second kappa shape index (κ2) is 5.30. The molecule has 0 bridgehead atoms. The van der Waals surface area contributed by atoms with Crippen molar-refractivity contribution in [1.82, 2.24) is 0 Å². The van der Waals surface area contributed by atoms with Gasteiger partial charge < -0.3 is 16.8 Å². The van der Waals surface area contributed by atoms with Crippen LogP contribution in [0.2, 0.25) is 0 Å². The van der Waals surface area contributed by atoms with Crippen molar-refractivity contribution in [3.8, 4) is 0 Å². The van der Waals surface area contributed by atoms with E-state index in [1.165, 1.54) is 12.5 Å². The maximum Gasteiger partial charge on any atom is 0.248 e. The molecule has 5 N–H and O–H groups in total. The zero-order valence-corrected chi connectivity index (χ0v) is 11.0. The summed E-state index contributed by atoms with van der Waals surface area (Å²) in [6, 6.07) is 5.13. The van der Waals surface area contributed by atoms with Crippen LogP contribution in [-0.2, 0) is 0 Å². The molecule has 2 atom stereocenters. The van der Waals surface area contributed by atoms with Crippen LogP contribution in [-0.4, -0.2) is 17.9 Å². The normalized spacial score (nSPS) is 22.2. The van der Waals surface area contributed by atoms with Crippen molar-refractivity contribution >= 4 is 17.5 Å². The molecule has 0 aliphatic heterocycles. The number of nitrogens with two attached hydrogens (primary N) is 2. The quantitative estimate of drug-likeness (QED) is 0.765. The maximum absolute atomic E-state index is 11.3. The molecule has 102 valence electrons. The number of anilines is 1. The van der Waals surface area contributed by atoms with Gasteiger partial charge in [-0.05, 0) is 43.4 Å². The molecule has 2 amide bonds. The van der Waals surface area contributed by atoms with Crippen molar-refractivity contribution in [3.63, 3.8) is 0 Å². The van der Waals surface area contributed by atoms with Crippen molar-refractivity contribution in [3.05, 3.63) is 29.3 Å². The summed E-state index contributed by atoms with van der Waals surface area (Å²) in [4.78, 5) is 22.5. The molecule has 1 aliphatic rings. The SMILES string of the molecule is CC1CCC(Nc2cc(C(N)=O)cc(C(N)=O)c2)C1. The van der Waals surface area contributed by atoms with Crippen LogP contribution in [0.15, 0.2) is 18.2 Å². The Morgan fingerprint density at radius 1 is 1.11 bits per heavy atom. The van der Waals surface area contributed by atoms with Gasteiger partial charge in [-0.25, -0.2) is 0 Å². The number of amides is 2. The molecule has 5 heteroatoms. The molecule has 0 aromatic heterocycles. The smallest absolute Gasteiger partial charge is 0.248 e. The summed E-state index contributed by atoms with van der Waals surface area (Å²) in [5.74, 6) is -0.427. The Labute approximate surface area is 112 Å². The fourth-order valence-electron chi connectivity index (χ4n) is 2.57. The number of primary amides is 2. The second-order valence-corrected chi connectivity index (χ2v) is 5.29. The Balaban J connectivity index is 2.23. The van der Waals surface area contributed by atoms with E-state index in [4.69, 9.17) is 11.5 Å². The minimum Gasteiger partial charge on any atom is -0.382 e. The highest BCUT2D eigenvalue weighted by Gasteiger charge is 2.21. The Kier molecular flexibility index (Phi) is 3.74. The van der Waals surface area contributed by atoms with Crippen molar-refractivity contribution < 1.29 is 9.59 Å². The van der Waals surface area contributed by atoms with Crippen molar-refractivity contribution in [2.45, 2.75) is 32.2 Å². The van der Waals surface area contributed by atoms with Crippen LogP contribution < -0.4 is 16.8 Å². The molecule has 0 spiro atoms. The zero-order chi connectivity index (χ0) is 14.0. The standard InChI is InChI=1S/C14H19N3O2/c1-8-2-3-11(4-8)17-12-6-9(13(15)18)5-10(7-12)14(16)19/h5-8,11,17H,2-4H2,1H3,(H2,15,18)(H2,16,19). The van der Waals surface area contributed by atoms with E-state index in [0.29, 0.717) is 23.1 Å². The molecule has 1 fully saturated rings. The van der Waals surface area contributed by atoms with Crippen LogP contribution in [0.5, 0.6) is 0 Å². The highest BCUT2D eigenvalue weighted by atomic mass is 16.1. The lowest BCUT2D eigenvalue weighted by Gasteiger charge is -2.15. The molecule has 1 aromatic carbocycles. The molecule has 1 aliphatic carbocycles. The third-order valence-corrected chi connectivity index (χ3v) is 3.57. The first kappa shape index (κ1) is 13.4. The zero-order valence-electron chi connectivity index (χ0n) is 11.0. The van der Waals surface area contributed by atoms with E-state index < -0.39 is 11.8 Å². The molecule has 1 saturated carbocycles. The Hall–Kier alpha value is -2.04. The number of rotatable bonds is 4. The molecule has 2 unspecified atom stereocenters. The molecule has 19 heavy (non-hydrogen) atoms. The first-order valence-corrected chi connectivity index (χ1v) is 6.47. The monoisotopic (exact) mass is 261 g/mol. The minimum absolute atomic E-state index is 0.296. The average molecular weight is 261 g/mol. The lowest BCUT2D eigenvalue weighted by Crippen LogP contribution is -2.19. The predicted molar refractivity (Wildman–Crippen MR) is 73.9 cm³/mol. The van der Waals surface area contributed by atoms with Gasteiger partial charge in [-0.1, -0.05) is 6.92 Å². The average Bonchev–Trinajstić information content (AvgIpc) is 2.74. The summed E-state index contributed by atoms with van der Waals surface area (Å²) in [6.07, 6.45) is 3.37. The number of nitrogens with one attached hydrogen (secondary N) is 1. The van der Waals surface area contributed by atoms with Crippen LogP contribution >= 0.6 is 0 Å². The van der Waals surface area contributed by atoms with Gasteiger partial charge in [0.15, 0.2) is 0 Å². The third-order valence-electron chi connectivity index (χ3n) is 3.57. The number of benzene rings is 1. The summed E-state index contributed by atoms with van der Waals surface area (Å²) in [6.45, 7) is 2.22. The molecular formula is C14H19N3O2. The second-order valence-electron chi connectivity index (χ2n) is 5.29. The lowest BCUT2D eigenvalue weighted by molar-refractivity contribution is 0.0999. The minimum atomic E-state index is -0.564. The summed E-state index contributed by atoms with van der Waals surface area (Å²) in [5, 5.41) is 3.35. The molecule has 2 rings (SSSR count). The van der Waals surface area contributed by atoms with Gasteiger partial charge >= 0.3 is 0 Å².